The maximum absolute atomic E-state index is 13.3. The second-order valence-corrected chi connectivity index (χ2v) is 8.76. The van der Waals surface area contributed by atoms with E-state index in [0.717, 1.165) is 44.4 Å². The van der Waals surface area contributed by atoms with Gasteiger partial charge >= 0.3 is 0 Å². The summed E-state index contributed by atoms with van der Waals surface area (Å²) in [6.07, 6.45) is 7.15. The number of fused-ring (bicyclic) bond motifs is 3. The first kappa shape index (κ1) is 21.7. The minimum atomic E-state index is -0.318. The number of amides is 2. The summed E-state index contributed by atoms with van der Waals surface area (Å²) >= 11 is 6.21. The molecule has 1 fully saturated rings. The molecule has 0 spiro atoms. The van der Waals surface area contributed by atoms with Crippen LogP contribution in [0.4, 0.5) is 0 Å². The third-order valence-corrected chi connectivity index (χ3v) is 6.33. The van der Waals surface area contributed by atoms with Gasteiger partial charge in [-0.15, -0.1) is 0 Å². The molecule has 0 N–H and O–H groups in total. The van der Waals surface area contributed by atoms with Gasteiger partial charge in [-0.05, 0) is 56.2 Å². The molecule has 2 aromatic rings. The Balaban J connectivity index is 1.58. The van der Waals surface area contributed by atoms with Crippen molar-refractivity contribution in [3.63, 3.8) is 0 Å². The Kier molecular flexibility index (Phi) is 6.80. The SMILES string of the molecule is Cn1cc(Cl)c(C(=O)N2CCCOc3cccc(c3)CCC3CCCCN3C(=O)C2)n1. The van der Waals surface area contributed by atoms with E-state index in [2.05, 4.69) is 17.2 Å². The van der Waals surface area contributed by atoms with E-state index in [1.807, 2.05) is 17.0 Å². The third kappa shape index (κ3) is 5.21. The maximum Gasteiger partial charge on any atom is 0.276 e. The second kappa shape index (κ2) is 9.73. The number of carbonyl (C=O) groups is 2. The van der Waals surface area contributed by atoms with Crippen molar-refractivity contribution in [2.75, 3.05) is 26.2 Å². The average Bonchev–Trinajstić information content (AvgIpc) is 3.11. The molecule has 8 heteroatoms. The van der Waals surface area contributed by atoms with Crippen LogP contribution in [0, 0.1) is 0 Å². The third-order valence-electron chi connectivity index (χ3n) is 6.05. The number of benzene rings is 1. The molecule has 2 bridgehead atoms. The summed E-state index contributed by atoms with van der Waals surface area (Å²) in [4.78, 5) is 30.0. The summed E-state index contributed by atoms with van der Waals surface area (Å²) in [5.74, 6) is 0.523. The largest absolute Gasteiger partial charge is 0.494 e. The molecular weight excluding hydrogens is 416 g/mol. The molecule has 2 amide bonds. The molecule has 1 atom stereocenters. The lowest BCUT2D eigenvalue weighted by Crippen LogP contribution is -2.49. The molecule has 7 nitrogen and oxygen atoms in total. The van der Waals surface area contributed by atoms with Crippen LogP contribution >= 0.6 is 11.6 Å². The molecule has 0 aliphatic carbocycles. The van der Waals surface area contributed by atoms with Crippen LogP contribution in [0.15, 0.2) is 30.5 Å². The molecule has 0 saturated carbocycles. The molecule has 3 heterocycles. The van der Waals surface area contributed by atoms with Crippen LogP contribution in [0.2, 0.25) is 5.02 Å². The number of halogens is 1. The Morgan fingerprint density at radius 1 is 1.19 bits per heavy atom. The predicted octanol–water partition coefficient (Wildman–Crippen LogP) is 3.31. The van der Waals surface area contributed by atoms with Crippen LogP contribution in [-0.2, 0) is 18.3 Å². The highest BCUT2D eigenvalue weighted by Gasteiger charge is 2.30. The Hall–Kier alpha value is -2.54. The minimum Gasteiger partial charge on any atom is -0.494 e. The van der Waals surface area contributed by atoms with E-state index in [0.29, 0.717) is 24.6 Å². The molecule has 4 rings (SSSR count). The van der Waals surface area contributed by atoms with Crippen molar-refractivity contribution in [3.05, 3.63) is 46.7 Å². The summed E-state index contributed by atoms with van der Waals surface area (Å²) in [5.41, 5.74) is 1.41. The van der Waals surface area contributed by atoms with Crippen LogP contribution in [-0.4, -0.2) is 63.7 Å². The fraction of sp³-hybridized carbons (Fsp3) is 0.522. The zero-order valence-corrected chi connectivity index (χ0v) is 18.7. The van der Waals surface area contributed by atoms with E-state index in [1.54, 1.807) is 18.1 Å². The van der Waals surface area contributed by atoms with Gasteiger partial charge in [0.15, 0.2) is 5.69 Å². The number of hydrogen-bond donors (Lipinski definition) is 0. The first-order chi connectivity index (χ1) is 15.0. The van der Waals surface area contributed by atoms with Gasteiger partial charge in [-0.3, -0.25) is 14.3 Å². The van der Waals surface area contributed by atoms with Crippen molar-refractivity contribution in [2.24, 2.45) is 7.05 Å². The molecular formula is C23H29ClN4O3. The van der Waals surface area contributed by atoms with Crippen LogP contribution in [0.5, 0.6) is 5.75 Å². The average molecular weight is 445 g/mol. The van der Waals surface area contributed by atoms with Crippen molar-refractivity contribution in [1.82, 2.24) is 19.6 Å². The van der Waals surface area contributed by atoms with Crippen molar-refractivity contribution in [3.8, 4) is 5.75 Å². The number of rotatable bonds is 1. The topological polar surface area (TPSA) is 67.7 Å². The minimum absolute atomic E-state index is 0.00293. The van der Waals surface area contributed by atoms with Crippen LogP contribution in [0.3, 0.4) is 0 Å². The smallest absolute Gasteiger partial charge is 0.276 e. The molecule has 166 valence electrons. The summed E-state index contributed by atoms with van der Waals surface area (Å²) in [6.45, 7) is 1.64. The molecule has 2 aliphatic heterocycles. The lowest BCUT2D eigenvalue weighted by molar-refractivity contribution is -0.135. The Labute approximate surface area is 187 Å². The van der Waals surface area contributed by atoms with Crippen molar-refractivity contribution in [2.45, 2.75) is 44.6 Å². The van der Waals surface area contributed by atoms with Gasteiger partial charge in [0.05, 0.1) is 11.6 Å². The van der Waals surface area contributed by atoms with Crippen molar-refractivity contribution in [1.29, 1.82) is 0 Å². The number of hydrogen-bond acceptors (Lipinski definition) is 4. The molecule has 1 saturated heterocycles. The highest BCUT2D eigenvalue weighted by atomic mass is 35.5. The fourth-order valence-electron chi connectivity index (χ4n) is 4.46. The summed E-state index contributed by atoms with van der Waals surface area (Å²) in [6, 6.07) is 8.37. The summed E-state index contributed by atoms with van der Waals surface area (Å²) in [5, 5.41) is 4.50. The lowest BCUT2D eigenvalue weighted by atomic mass is 9.95. The van der Waals surface area contributed by atoms with Gasteiger partial charge in [0.2, 0.25) is 5.91 Å². The number of aromatic nitrogens is 2. The Morgan fingerprint density at radius 3 is 2.87 bits per heavy atom. The van der Waals surface area contributed by atoms with Crippen LogP contribution in [0.25, 0.3) is 0 Å². The van der Waals surface area contributed by atoms with E-state index < -0.39 is 0 Å². The second-order valence-electron chi connectivity index (χ2n) is 8.35. The summed E-state index contributed by atoms with van der Waals surface area (Å²) in [7, 11) is 1.72. The zero-order valence-electron chi connectivity index (χ0n) is 17.9. The highest BCUT2D eigenvalue weighted by molar-refractivity contribution is 6.33. The highest BCUT2D eigenvalue weighted by Crippen LogP contribution is 2.24. The maximum atomic E-state index is 13.3. The first-order valence-electron chi connectivity index (χ1n) is 11.0. The van der Waals surface area contributed by atoms with Gasteiger partial charge in [-0.2, -0.15) is 5.10 Å². The van der Waals surface area contributed by atoms with Gasteiger partial charge in [0.1, 0.15) is 12.3 Å². The van der Waals surface area contributed by atoms with E-state index in [9.17, 15) is 9.59 Å². The number of carbonyl (C=O) groups excluding carboxylic acids is 2. The van der Waals surface area contributed by atoms with Gasteiger partial charge in [-0.1, -0.05) is 23.7 Å². The molecule has 1 aromatic carbocycles. The van der Waals surface area contributed by atoms with Gasteiger partial charge in [-0.25, -0.2) is 0 Å². The molecule has 2 aliphatic rings. The van der Waals surface area contributed by atoms with E-state index >= 15 is 0 Å². The van der Waals surface area contributed by atoms with Gasteiger partial charge in [0, 0.05) is 32.4 Å². The lowest BCUT2D eigenvalue weighted by Gasteiger charge is -2.37. The Bertz CT molecular complexity index is 945. The Morgan fingerprint density at radius 2 is 2.06 bits per heavy atom. The van der Waals surface area contributed by atoms with Crippen molar-refractivity contribution >= 4 is 23.4 Å². The normalized spacial score (nSPS) is 20.6. The predicted molar refractivity (Wildman–Crippen MR) is 118 cm³/mol. The number of aryl methyl sites for hydroxylation is 2. The number of piperidine rings is 1. The van der Waals surface area contributed by atoms with E-state index in [4.69, 9.17) is 16.3 Å². The zero-order chi connectivity index (χ0) is 21.8. The molecule has 1 unspecified atom stereocenters. The van der Waals surface area contributed by atoms with Gasteiger partial charge in [0.25, 0.3) is 5.91 Å². The fourth-order valence-corrected chi connectivity index (χ4v) is 4.72. The molecule has 0 radical (unpaired) electrons. The number of nitrogens with zero attached hydrogens (tertiary/aromatic N) is 4. The van der Waals surface area contributed by atoms with Crippen molar-refractivity contribution < 1.29 is 14.3 Å². The van der Waals surface area contributed by atoms with Gasteiger partial charge < -0.3 is 14.5 Å². The van der Waals surface area contributed by atoms with E-state index in [1.165, 1.54) is 10.2 Å². The summed E-state index contributed by atoms with van der Waals surface area (Å²) < 4.78 is 7.42. The van der Waals surface area contributed by atoms with Crippen LogP contribution < -0.4 is 4.74 Å². The standard InChI is InChI=1S/C23H29ClN4O3/c1-26-15-20(24)22(25-26)23(30)27-11-5-13-31-19-8-4-6-17(14-19)9-10-18-7-2-3-12-28(18)21(29)16-27/h4,6,8,14-15,18H,2-3,5,7,9-13,16H2,1H3. The monoisotopic (exact) mass is 444 g/mol. The first-order valence-corrected chi connectivity index (χ1v) is 11.4. The number of ether oxygens (including phenoxy) is 1. The van der Waals surface area contributed by atoms with E-state index in [-0.39, 0.29) is 30.1 Å². The quantitative estimate of drug-likeness (QED) is 0.676. The van der Waals surface area contributed by atoms with Crippen LogP contribution in [0.1, 0.15) is 48.2 Å². The molecule has 31 heavy (non-hydrogen) atoms. The molecule has 1 aromatic heterocycles.